The Morgan fingerprint density at radius 1 is 0.689 bits per heavy atom. The van der Waals surface area contributed by atoms with Gasteiger partial charge in [-0.05, 0) is 167 Å². The molecule has 0 bridgehead atoms. The van der Waals surface area contributed by atoms with Gasteiger partial charge in [0.05, 0.1) is 36.5 Å². The number of hydrogen-bond acceptors (Lipinski definition) is 6. The highest BCUT2D eigenvalue weighted by Crippen LogP contribution is 2.60. The van der Waals surface area contributed by atoms with Crippen molar-refractivity contribution < 1.29 is 28.1 Å². The summed E-state index contributed by atoms with van der Waals surface area (Å²) >= 11 is 11.7. The van der Waals surface area contributed by atoms with Crippen LogP contribution in [-0.2, 0) is 0 Å². The minimum atomic E-state index is -0.339. The largest absolute Gasteiger partial charge is 0.494 e. The van der Waals surface area contributed by atoms with E-state index in [0.717, 1.165) is 131 Å². The Bertz CT molecular complexity index is 2430. The molecule has 2 aromatic heterocycles. The lowest BCUT2D eigenvalue weighted by molar-refractivity contribution is 0.157. The Balaban J connectivity index is 0.000000165. The molecule has 4 aromatic carbocycles. The summed E-state index contributed by atoms with van der Waals surface area (Å²) in [5, 5.41) is 12.3. The third kappa shape index (κ3) is 11.4. The molecular weight excluding hydrogens is 817 g/mol. The highest BCUT2D eigenvalue weighted by molar-refractivity contribution is 6.30. The van der Waals surface area contributed by atoms with Crippen molar-refractivity contribution >= 4 is 45.0 Å². The van der Waals surface area contributed by atoms with Gasteiger partial charge in [-0.1, -0.05) is 38.1 Å². The van der Waals surface area contributed by atoms with Crippen molar-refractivity contribution in [2.75, 3.05) is 13.2 Å². The molecule has 11 heteroatoms. The van der Waals surface area contributed by atoms with Crippen LogP contribution in [0.15, 0.2) is 102 Å². The fraction of sp³-hybridized carbons (Fsp3) is 0.400. The van der Waals surface area contributed by atoms with Crippen LogP contribution in [0.5, 0.6) is 17.2 Å². The minimum absolute atomic E-state index is 0. The molecule has 4 unspecified atom stereocenters. The van der Waals surface area contributed by atoms with Gasteiger partial charge in [0.1, 0.15) is 28.9 Å². The van der Waals surface area contributed by atoms with Gasteiger partial charge in [0.25, 0.3) is 0 Å². The number of benzene rings is 4. The van der Waals surface area contributed by atoms with E-state index in [1.807, 2.05) is 61.5 Å². The summed E-state index contributed by atoms with van der Waals surface area (Å²) in [5.41, 5.74) is 2.71. The Morgan fingerprint density at radius 2 is 1.20 bits per heavy atom. The Hall–Kier alpha value is -4.70. The van der Waals surface area contributed by atoms with Crippen molar-refractivity contribution in [1.82, 2.24) is 9.97 Å². The second-order valence-electron chi connectivity index (χ2n) is 16.4. The van der Waals surface area contributed by atoms with Gasteiger partial charge in [-0.25, -0.2) is 8.78 Å². The van der Waals surface area contributed by atoms with Gasteiger partial charge in [-0.3, -0.25) is 9.78 Å². The maximum Gasteiger partial charge on any atom is 0.189 e. The summed E-state index contributed by atoms with van der Waals surface area (Å²) in [6.45, 7) is 5.20. The van der Waals surface area contributed by atoms with E-state index in [0.29, 0.717) is 16.4 Å². The maximum atomic E-state index is 13.5. The summed E-state index contributed by atoms with van der Waals surface area (Å²) in [6, 6.07) is 27.3. The monoisotopic (exact) mass is 872 g/mol. The van der Waals surface area contributed by atoms with Crippen molar-refractivity contribution in [2.24, 2.45) is 35.5 Å². The van der Waals surface area contributed by atoms with Gasteiger partial charge < -0.3 is 24.3 Å². The number of nitrogens with zero attached hydrogens (tertiary/aromatic N) is 1. The lowest BCUT2D eigenvalue weighted by Crippen LogP contribution is -2.16. The predicted octanol–water partition coefficient (Wildman–Crippen LogP) is 12.6. The van der Waals surface area contributed by atoms with E-state index < -0.39 is 0 Å². The van der Waals surface area contributed by atoms with E-state index >= 15 is 0 Å². The molecule has 0 amide bonds. The van der Waals surface area contributed by atoms with Crippen LogP contribution in [0.2, 0.25) is 10.0 Å². The van der Waals surface area contributed by atoms with Crippen molar-refractivity contribution in [1.29, 1.82) is 0 Å². The van der Waals surface area contributed by atoms with Crippen molar-refractivity contribution in [3.63, 3.8) is 0 Å². The molecule has 0 spiro atoms. The zero-order chi connectivity index (χ0) is 41.2. The molecule has 7 nitrogen and oxygen atoms in total. The molecule has 4 aliphatic carbocycles. The first kappa shape index (κ1) is 45.8. The third-order valence-corrected chi connectivity index (χ3v) is 12.8. The average Bonchev–Trinajstić information content (AvgIpc) is 3.86. The van der Waals surface area contributed by atoms with Crippen molar-refractivity contribution in [3.05, 3.63) is 140 Å². The average molecular weight is 874 g/mol. The molecule has 61 heavy (non-hydrogen) atoms. The van der Waals surface area contributed by atoms with E-state index in [9.17, 15) is 18.7 Å². The third-order valence-electron chi connectivity index (χ3n) is 12.3. The molecule has 0 radical (unpaired) electrons. The lowest BCUT2D eigenvalue weighted by Gasteiger charge is -2.19. The first-order valence-electron chi connectivity index (χ1n) is 20.4. The van der Waals surface area contributed by atoms with Crippen LogP contribution in [-0.4, -0.2) is 40.5 Å². The van der Waals surface area contributed by atoms with E-state index in [4.69, 9.17) is 37.4 Å². The maximum absolute atomic E-state index is 13.5. The number of aromatic nitrogens is 2. The van der Waals surface area contributed by atoms with E-state index in [2.05, 4.69) is 9.97 Å². The Morgan fingerprint density at radius 3 is 1.75 bits per heavy atom. The van der Waals surface area contributed by atoms with Crippen molar-refractivity contribution in [3.8, 4) is 17.2 Å². The molecular formula is C50H56Cl2F2N2O5. The fourth-order valence-electron chi connectivity index (χ4n) is 9.45. The highest BCUT2D eigenvalue weighted by Gasteiger charge is 2.56. The van der Waals surface area contributed by atoms with Gasteiger partial charge in [0.15, 0.2) is 5.43 Å². The van der Waals surface area contributed by atoms with E-state index in [1.165, 1.54) is 36.4 Å². The number of aliphatic hydroxyl groups excluding tert-OH is 1. The molecule has 0 saturated heterocycles. The number of aliphatic hydroxyl groups is 1. The van der Waals surface area contributed by atoms with Gasteiger partial charge in [0.2, 0.25) is 0 Å². The normalized spacial score (nSPS) is 23.8. The first-order chi connectivity index (χ1) is 28.5. The second-order valence-corrected chi connectivity index (χ2v) is 17.3. The molecule has 10 rings (SSSR count). The van der Waals surface area contributed by atoms with E-state index in [-0.39, 0.29) is 44.1 Å². The smallest absolute Gasteiger partial charge is 0.189 e. The summed E-state index contributed by atoms with van der Waals surface area (Å²) in [4.78, 5) is 18.7. The highest BCUT2D eigenvalue weighted by atomic mass is 35.5. The number of halogens is 4. The summed E-state index contributed by atoms with van der Waals surface area (Å²) in [5.74, 6) is 6.54. The summed E-state index contributed by atoms with van der Waals surface area (Å²) in [6.07, 6.45) is 6.59. The van der Waals surface area contributed by atoms with Crippen LogP contribution in [0.25, 0.3) is 21.8 Å². The number of aryl methyl sites for hydroxylation is 2. The topological polar surface area (TPSA) is 93.7 Å². The van der Waals surface area contributed by atoms with Gasteiger partial charge in [-0.2, -0.15) is 0 Å². The number of pyridine rings is 2. The Kier molecular flexibility index (Phi) is 15.0. The van der Waals surface area contributed by atoms with Gasteiger partial charge in [0, 0.05) is 50.4 Å². The zero-order valence-corrected chi connectivity index (χ0v) is 34.6. The zero-order valence-electron chi connectivity index (χ0n) is 33.1. The molecule has 4 fully saturated rings. The SMILES string of the molecule is C.C.Cc1cc(=O)c2ccc(F)cc2[nH]1.Cc1cc(OC2CC3C(CCOc4ccc(Cl)cc4)C3C2)c2ccc(F)cc2n1.OC1CC2C(CCOc3ccc(Cl)cc3)C2C1. The van der Waals surface area contributed by atoms with Crippen LogP contribution in [0, 0.1) is 61.0 Å². The minimum Gasteiger partial charge on any atom is -0.494 e. The molecule has 2 heterocycles. The number of aromatic amines is 1. The Labute approximate surface area is 367 Å². The molecule has 6 aromatic rings. The molecule has 4 aliphatic rings. The van der Waals surface area contributed by atoms with Gasteiger partial charge in [-0.15, -0.1) is 0 Å². The number of H-pyrrole nitrogens is 1. The number of fused-ring (bicyclic) bond motifs is 4. The standard InChI is InChI=1S/C24H23ClFNO2.C14H17ClO2.C10H8FNO.2CH4/c1-14-10-24(20-7-4-16(26)11-23(20)27-14)29-18-12-21-19(22(21)13-18)8-9-28-17-5-2-15(25)3-6-17;15-9-1-3-11(4-2-9)17-6-5-12-13-7-10(16)8-14(12)13;1-6-4-10(13)8-3-2-7(11)5-9(8)12-6;;/h2-7,10-11,18-19,21-22H,8-9,12-13H2,1H3;1-4,10,12-14,16H,5-8H2;2-5H,1H3,(H,12,13);2*1H4. The fourth-order valence-corrected chi connectivity index (χ4v) is 9.70. The van der Waals surface area contributed by atoms with Gasteiger partial charge >= 0.3 is 0 Å². The molecule has 0 aliphatic heterocycles. The van der Waals surface area contributed by atoms with Crippen LogP contribution in [0.3, 0.4) is 0 Å². The van der Waals surface area contributed by atoms with E-state index in [1.54, 1.807) is 13.0 Å². The summed E-state index contributed by atoms with van der Waals surface area (Å²) in [7, 11) is 0. The lowest BCUT2D eigenvalue weighted by atomic mass is 10.1. The van der Waals surface area contributed by atoms with Crippen LogP contribution in [0.4, 0.5) is 8.78 Å². The number of ether oxygens (including phenoxy) is 3. The number of nitrogens with one attached hydrogen (secondary N) is 1. The molecule has 4 atom stereocenters. The molecule has 2 N–H and O–H groups in total. The van der Waals surface area contributed by atoms with Crippen molar-refractivity contribution in [2.45, 2.75) is 79.4 Å². The quantitative estimate of drug-likeness (QED) is 0.142. The van der Waals surface area contributed by atoms with Crippen LogP contribution < -0.4 is 19.6 Å². The number of rotatable bonds is 10. The predicted molar refractivity (Wildman–Crippen MR) is 242 cm³/mol. The van der Waals surface area contributed by atoms with Crippen LogP contribution in [0.1, 0.15) is 64.8 Å². The second kappa shape index (κ2) is 20.0. The van der Waals surface area contributed by atoms with Crippen LogP contribution >= 0.6 is 23.2 Å². The number of hydrogen-bond donors (Lipinski definition) is 2. The first-order valence-corrected chi connectivity index (χ1v) is 21.2. The molecule has 324 valence electrons. The summed E-state index contributed by atoms with van der Waals surface area (Å²) < 4.78 is 44.2. The molecule has 4 saturated carbocycles.